The Bertz CT molecular complexity index is 536. The Morgan fingerprint density at radius 2 is 2.11 bits per heavy atom. The van der Waals surface area contributed by atoms with E-state index in [1.807, 2.05) is 37.3 Å². The lowest BCUT2D eigenvalue weighted by atomic mass is 10.2. The van der Waals surface area contributed by atoms with Crippen molar-refractivity contribution in [1.82, 2.24) is 10.3 Å². The Balaban J connectivity index is 1.88. The molecule has 1 heterocycles. The summed E-state index contributed by atoms with van der Waals surface area (Å²) in [6.07, 6.45) is 0.341. The fourth-order valence-corrected chi connectivity index (χ4v) is 2.45. The molecule has 0 aliphatic carbocycles. The Morgan fingerprint density at radius 3 is 2.72 bits per heavy atom. The number of rotatable bonds is 4. The van der Waals surface area contributed by atoms with E-state index >= 15 is 0 Å². The fraction of sp³-hybridized carbons (Fsp3) is 0.231. The van der Waals surface area contributed by atoms with Gasteiger partial charge in [0, 0.05) is 11.4 Å². The van der Waals surface area contributed by atoms with Crippen molar-refractivity contribution in [2.24, 2.45) is 0 Å². The van der Waals surface area contributed by atoms with Crippen LogP contribution in [0.4, 0.5) is 5.13 Å². The van der Waals surface area contributed by atoms with Crippen molar-refractivity contribution in [3.8, 4) is 0 Å². The molecule has 94 valence electrons. The van der Waals surface area contributed by atoms with Crippen LogP contribution in [0.2, 0.25) is 0 Å². The van der Waals surface area contributed by atoms with E-state index in [1.54, 1.807) is 0 Å². The Kier molecular flexibility index (Phi) is 3.94. The van der Waals surface area contributed by atoms with Crippen molar-refractivity contribution >= 4 is 22.4 Å². The number of nitrogens with two attached hydrogens (primary N) is 1. The molecule has 3 N–H and O–H groups in total. The molecule has 0 saturated heterocycles. The zero-order valence-electron chi connectivity index (χ0n) is 10.1. The lowest BCUT2D eigenvalue weighted by Crippen LogP contribution is -2.24. The SMILES string of the molecule is Cc1nc(N)sc1CC(=O)NCc1ccccc1. The minimum absolute atomic E-state index is 0.00870. The molecule has 18 heavy (non-hydrogen) atoms. The topological polar surface area (TPSA) is 68.0 Å². The molecule has 0 saturated carbocycles. The van der Waals surface area contributed by atoms with Gasteiger partial charge in [-0.15, -0.1) is 11.3 Å². The maximum atomic E-state index is 11.8. The summed E-state index contributed by atoms with van der Waals surface area (Å²) in [5.74, 6) is -0.00870. The fourth-order valence-electron chi connectivity index (χ4n) is 1.62. The van der Waals surface area contributed by atoms with Crippen molar-refractivity contribution in [2.45, 2.75) is 19.9 Å². The van der Waals surface area contributed by atoms with E-state index in [0.29, 0.717) is 18.1 Å². The largest absolute Gasteiger partial charge is 0.375 e. The number of nitrogen functional groups attached to an aromatic ring is 1. The molecule has 1 aromatic carbocycles. The van der Waals surface area contributed by atoms with Crippen molar-refractivity contribution < 1.29 is 4.79 Å². The monoisotopic (exact) mass is 261 g/mol. The molecular weight excluding hydrogens is 246 g/mol. The third-order valence-corrected chi connectivity index (χ3v) is 3.55. The quantitative estimate of drug-likeness (QED) is 0.883. The lowest BCUT2D eigenvalue weighted by Gasteiger charge is -2.04. The van der Waals surface area contributed by atoms with Crippen LogP contribution in [-0.4, -0.2) is 10.9 Å². The zero-order chi connectivity index (χ0) is 13.0. The van der Waals surface area contributed by atoms with Crippen LogP contribution in [0.5, 0.6) is 0 Å². The third kappa shape index (κ3) is 3.30. The minimum Gasteiger partial charge on any atom is -0.375 e. The number of carbonyl (C=O) groups is 1. The summed E-state index contributed by atoms with van der Waals surface area (Å²) < 4.78 is 0. The molecule has 2 aromatic rings. The van der Waals surface area contributed by atoms with Gasteiger partial charge in [0.05, 0.1) is 12.1 Å². The van der Waals surface area contributed by atoms with E-state index in [4.69, 9.17) is 5.73 Å². The summed E-state index contributed by atoms with van der Waals surface area (Å²) in [7, 11) is 0. The summed E-state index contributed by atoms with van der Waals surface area (Å²) >= 11 is 1.37. The first-order chi connectivity index (χ1) is 8.65. The summed E-state index contributed by atoms with van der Waals surface area (Å²) in [5, 5.41) is 3.40. The van der Waals surface area contributed by atoms with Crippen LogP contribution < -0.4 is 11.1 Å². The first kappa shape index (κ1) is 12.6. The highest BCUT2D eigenvalue weighted by Crippen LogP contribution is 2.19. The van der Waals surface area contributed by atoms with Crippen molar-refractivity contribution in [2.75, 3.05) is 5.73 Å². The molecule has 0 radical (unpaired) electrons. The molecule has 0 atom stereocenters. The van der Waals surface area contributed by atoms with Crippen LogP contribution in [0.3, 0.4) is 0 Å². The number of benzene rings is 1. The van der Waals surface area contributed by atoms with Gasteiger partial charge in [-0.1, -0.05) is 30.3 Å². The van der Waals surface area contributed by atoms with Gasteiger partial charge in [-0.05, 0) is 12.5 Å². The molecule has 4 nitrogen and oxygen atoms in total. The zero-order valence-corrected chi connectivity index (χ0v) is 11.0. The number of hydrogen-bond acceptors (Lipinski definition) is 4. The van der Waals surface area contributed by atoms with Crippen LogP contribution in [-0.2, 0) is 17.8 Å². The average Bonchev–Trinajstić information content (AvgIpc) is 2.67. The van der Waals surface area contributed by atoms with Crippen molar-refractivity contribution in [3.05, 3.63) is 46.5 Å². The first-order valence-corrected chi connectivity index (χ1v) is 6.49. The number of anilines is 1. The van der Waals surface area contributed by atoms with Crippen LogP contribution in [0, 0.1) is 6.92 Å². The van der Waals surface area contributed by atoms with Gasteiger partial charge in [0.25, 0.3) is 0 Å². The second-order valence-corrected chi connectivity index (χ2v) is 5.11. The highest BCUT2D eigenvalue weighted by molar-refractivity contribution is 7.15. The van der Waals surface area contributed by atoms with Crippen LogP contribution in [0.15, 0.2) is 30.3 Å². The molecular formula is C13H15N3OS. The molecule has 1 amide bonds. The summed E-state index contributed by atoms with van der Waals surface area (Å²) in [6, 6.07) is 9.83. The van der Waals surface area contributed by atoms with E-state index in [0.717, 1.165) is 16.1 Å². The summed E-state index contributed by atoms with van der Waals surface area (Å²) in [6.45, 7) is 2.42. The Morgan fingerprint density at radius 1 is 1.39 bits per heavy atom. The molecule has 0 spiro atoms. The van der Waals surface area contributed by atoms with Crippen molar-refractivity contribution in [1.29, 1.82) is 0 Å². The third-order valence-electron chi connectivity index (χ3n) is 2.56. The van der Waals surface area contributed by atoms with Gasteiger partial charge >= 0.3 is 0 Å². The molecule has 5 heteroatoms. The smallest absolute Gasteiger partial charge is 0.225 e. The number of carbonyl (C=O) groups excluding carboxylic acids is 1. The van der Waals surface area contributed by atoms with E-state index < -0.39 is 0 Å². The van der Waals surface area contributed by atoms with E-state index in [-0.39, 0.29) is 5.91 Å². The maximum absolute atomic E-state index is 11.8. The first-order valence-electron chi connectivity index (χ1n) is 5.67. The number of nitrogens with zero attached hydrogens (tertiary/aromatic N) is 1. The van der Waals surface area contributed by atoms with E-state index in [2.05, 4.69) is 10.3 Å². The van der Waals surface area contributed by atoms with Gasteiger partial charge in [-0.25, -0.2) is 4.98 Å². The molecule has 0 unspecified atom stereocenters. The van der Waals surface area contributed by atoms with E-state index in [1.165, 1.54) is 11.3 Å². The van der Waals surface area contributed by atoms with Gasteiger partial charge in [0.15, 0.2) is 5.13 Å². The molecule has 0 aliphatic heterocycles. The van der Waals surface area contributed by atoms with Gasteiger partial charge in [-0.3, -0.25) is 4.79 Å². The molecule has 0 bridgehead atoms. The molecule has 0 fully saturated rings. The lowest BCUT2D eigenvalue weighted by molar-refractivity contribution is -0.120. The van der Waals surface area contributed by atoms with E-state index in [9.17, 15) is 4.79 Å². The molecule has 2 rings (SSSR count). The predicted octanol–water partition coefficient (Wildman–Crippen LogP) is 1.89. The summed E-state index contributed by atoms with van der Waals surface area (Å²) in [5.41, 5.74) is 7.53. The van der Waals surface area contributed by atoms with Gasteiger partial charge in [0.2, 0.25) is 5.91 Å². The Hall–Kier alpha value is -1.88. The van der Waals surface area contributed by atoms with Gasteiger partial charge < -0.3 is 11.1 Å². The average molecular weight is 261 g/mol. The Labute approximate surface area is 110 Å². The van der Waals surface area contributed by atoms with Crippen LogP contribution >= 0.6 is 11.3 Å². The number of aryl methyl sites for hydroxylation is 1. The second kappa shape index (κ2) is 5.64. The summed E-state index contributed by atoms with van der Waals surface area (Å²) in [4.78, 5) is 16.8. The number of amides is 1. The standard InChI is InChI=1S/C13H15N3OS/c1-9-11(18-13(14)16-9)7-12(17)15-8-10-5-3-2-4-6-10/h2-6H,7-8H2,1H3,(H2,14,16)(H,15,17). The normalized spacial score (nSPS) is 10.3. The van der Waals surface area contributed by atoms with Gasteiger partial charge in [0.1, 0.15) is 0 Å². The minimum atomic E-state index is -0.00870. The number of thiazole rings is 1. The highest BCUT2D eigenvalue weighted by Gasteiger charge is 2.10. The van der Waals surface area contributed by atoms with Crippen molar-refractivity contribution in [3.63, 3.8) is 0 Å². The van der Waals surface area contributed by atoms with Crippen LogP contribution in [0.1, 0.15) is 16.1 Å². The van der Waals surface area contributed by atoms with Gasteiger partial charge in [-0.2, -0.15) is 0 Å². The highest BCUT2D eigenvalue weighted by atomic mass is 32.1. The molecule has 0 aliphatic rings. The predicted molar refractivity (Wildman–Crippen MR) is 73.3 cm³/mol. The van der Waals surface area contributed by atoms with Crippen LogP contribution in [0.25, 0.3) is 0 Å². The maximum Gasteiger partial charge on any atom is 0.225 e. The number of hydrogen-bond donors (Lipinski definition) is 2. The number of aromatic nitrogens is 1. The number of nitrogens with one attached hydrogen (secondary N) is 1. The second-order valence-electron chi connectivity index (χ2n) is 4.00. The molecule has 1 aromatic heterocycles.